The van der Waals surface area contributed by atoms with E-state index in [0.29, 0.717) is 0 Å². The molecule has 4 aromatic heterocycles. The molecule has 170 valence electrons. The maximum absolute atomic E-state index is 4.68. The van der Waals surface area contributed by atoms with Gasteiger partial charge in [0.2, 0.25) is 0 Å². The number of anilines is 1. The van der Waals surface area contributed by atoms with Gasteiger partial charge in [-0.2, -0.15) is 11.8 Å². The van der Waals surface area contributed by atoms with Gasteiger partial charge in [0.05, 0.1) is 22.2 Å². The first-order chi connectivity index (χ1) is 16.7. The molecule has 0 radical (unpaired) electrons. The minimum Gasteiger partial charge on any atom is -0.369 e. The number of fused-ring (bicyclic) bond motifs is 2. The van der Waals surface area contributed by atoms with Crippen LogP contribution in [-0.4, -0.2) is 43.5 Å². The third kappa shape index (κ3) is 4.31. The minimum atomic E-state index is -0.116. The highest BCUT2D eigenvalue weighted by atomic mass is 32.2. The molecule has 1 N–H and O–H groups in total. The predicted octanol–water partition coefficient (Wildman–Crippen LogP) is 5.76. The fraction of sp³-hybridized carbons (Fsp3) is 0.222. The third-order valence-electron chi connectivity index (χ3n) is 6.34. The topological polar surface area (TPSA) is 76.5 Å². The minimum absolute atomic E-state index is 0.116. The Balaban J connectivity index is 1.46. The Kier molecular flexibility index (Phi) is 6.36. The van der Waals surface area contributed by atoms with Crippen LogP contribution in [0.25, 0.3) is 33.2 Å². The number of rotatable bonds is 8. The Morgan fingerprint density at radius 1 is 0.853 bits per heavy atom. The quantitative estimate of drug-likeness (QED) is 0.312. The van der Waals surface area contributed by atoms with Crippen LogP contribution in [0.4, 0.5) is 5.82 Å². The van der Waals surface area contributed by atoms with Crippen molar-refractivity contribution in [1.82, 2.24) is 24.9 Å². The van der Waals surface area contributed by atoms with Gasteiger partial charge >= 0.3 is 0 Å². The fourth-order valence-electron chi connectivity index (χ4n) is 4.43. The molecule has 5 rings (SSSR count). The molecule has 1 unspecified atom stereocenters. The molecule has 0 spiro atoms. The molecule has 0 aliphatic carbocycles. The highest BCUT2D eigenvalue weighted by Crippen LogP contribution is 2.35. The molecule has 5 aromatic rings. The van der Waals surface area contributed by atoms with Crippen molar-refractivity contribution in [2.45, 2.75) is 18.8 Å². The Hall–Kier alpha value is -3.58. The molecule has 0 aliphatic rings. The average molecular weight is 467 g/mol. The highest BCUT2D eigenvalue weighted by molar-refractivity contribution is 7.98. The standard InChI is InChI=1S/C27H26N6S/c1-3-27(17-34-2,21-10-13-29-23-7-5-12-30-26(21)23)16-31-25-15-24(32-18-33-25)20-8-9-22-19(14-20)6-4-11-28-22/h4-15,18H,3,16-17H2,1-2H3,(H,31,32,33). The molecule has 0 aliphatic heterocycles. The summed E-state index contributed by atoms with van der Waals surface area (Å²) < 4.78 is 0. The normalized spacial score (nSPS) is 13.1. The Bertz CT molecular complexity index is 1430. The summed E-state index contributed by atoms with van der Waals surface area (Å²) in [6.07, 6.45) is 10.3. The zero-order valence-corrected chi connectivity index (χ0v) is 20.1. The van der Waals surface area contributed by atoms with Crippen LogP contribution in [0.5, 0.6) is 0 Å². The maximum Gasteiger partial charge on any atom is 0.129 e. The second-order valence-electron chi connectivity index (χ2n) is 8.35. The van der Waals surface area contributed by atoms with Gasteiger partial charge in [0.15, 0.2) is 0 Å². The van der Waals surface area contributed by atoms with Gasteiger partial charge < -0.3 is 5.32 Å². The number of nitrogens with one attached hydrogen (secondary N) is 1. The van der Waals surface area contributed by atoms with Crippen molar-refractivity contribution in [1.29, 1.82) is 0 Å². The van der Waals surface area contributed by atoms with E-state index in [0.717, 1.165) is 57.7 Å². The largest absolute Gasteiger partial charge is 0.369 e. The zero-order chi connectivity index (χ0) is 23.4. The summed E-state index contributed by atoms with van der Waals surface area (Å²) in [5, 5.41) is 4.70. The number of thioether (sulfide) groups is 1. The van der Waals surface area contributed by atoms with E-state index in [-0.39, 0.29) is 5.41 Å². The summed E-state index contributed by atoms with van der Waals surface area (Å²) in [5.41, 5.74) is 5.90. The molecular weight excluding hydrogens is 440 g/mol. The molecule has 0 fully saturated rings. The van der Waals surface area contributed by atoms with Gasteiger partial charge in [-0.25, -0.2) is 9.97 Å². The van der Waals surface area contributed by atoms with Crippen molar-refractivity contribution in [3.05, 3.63) is 85.1 Å². The van der Waals surface area contributed by atoms with Crippen molar-refractivity contribution in [2.75, 3.05) is 23.9 Å². The van der Waals surface area contributed by atoms with Crippen molar-refractivity contribution in [3.63, 3.8) is 0 Å². The van der Waals surface area contributed by atoms with E-state index in [9.17, 15) is 0 Å². The van der Waals surface area contributed by atoms with Crippen molar-refractivity contribution in [3.8, 4) is 11.3 Å². The van der Waals surface area contributed by atoms with E-state index in [1.54, 1.807) is 6.33 Å². The summed E-state index contributed by atoms with van der Waals surface area (Å²) in [6.45, 7) is 2.97. The van der Waals surface area contributed by atoms with Gasteiger partial charge in [-0.3, -0.25) is 15.0 Å². The molecule has 0 bridgehead atoms. The molecule has 7 heteroatoms. The van der Waals surface area contributed by atoms with E-state index in [1.165, 1.54) is 5.56 Å². The number of hydrogen-bond donors (Lipinski definition) is 1. The molecule has 6 nitrogen and oxygen atoms in total. The highest BCUT2D eigenvalue weighted by Gasteiger charge is 2.32. The van der Waals surface area contributed by atoms with Crippen LogP contribution in [0, 0.1) is 0 Å². The summed E-state index contributed by atoms with van der Waals surface area (Å²) in [4.78, 5) is 22.6. The molecule has 4 heterocycles. The van der Waals surface area contributed by atoms with E-state index in [1.807, 2.05) is 60.7 Å². The summed E-state index contributed by atoms with van der Waals surface area (Å²) >= 11 is 1.85. The van der Waals surface area contributed by atoms with Crippen LogP contribution in [0.1, 0.15) is 18.9 Å². The number of benzene rings is 1. The molecular formula is C27H26N6S. The number of aromatic nitrogens is 5. The van der Waals surface area contributed by atoms with Gasteiger partial charge in [-0.05, 0) is 54.6 Å². The summed E-state index contributed by atoms with van der Waals surface area (Å²) in [7, 11) is 0. The van der Waals surface area contributed by atoms with Crippen molar-refractivity contribution < 1.29 is 0 Å². The number of hydrogen-bond acceptors (Lipinski definition) is 7. The Morgan fingerprint density at radius 3 is 2.59 bits per heavy atom. The molecule has 0 saturated heterocycles. The van der Waals surface area contributed by atoms with E-state index in [4.69, 9.17) is 0 Å². The van der Waals surface area contributed by atoms with Crippen molar-refractivity contribution >= 4 is 39.5 Å². The van der Waals surface area contributed by atoms with Gasteiger partial charge in [-0.15, -0.1) is 0 Å². The van der Waals surface area contributed by atoms with E-state index >= 15 is 0 Å². The molecule has 0 saturated carbocycles. The summed E-state index contributed by atoms with van der Waals surface area (Å²) in [6, 6.07) is 18.3. The van der Waals surface area contributed by atoms with Crippen LogP contribution in [-0.2, 0) is 5.41 Å². The number of nitrogens with zero attached hydrogens (tertiary/aromatic N) is 5. The van der Waals surface area contributed by atoms with E-state index in [2.05, 4.69) is 67.7 Å². The predicted molar refractivity (Wildman–Crippen MR) is 141 cm³/mol. The lowest BCUT2D eigenvalue weighted by atomic mass is 9.79. The third-order valence-corrected chi connectivity index (χ3v) is 7.18. The monoisotopic (exact) mass is 466 g/mol. The van der Waals surface area contributed by atoms with Gasteiger partial charge in [0.1, 0.15) is 12.1 Å². The van der Waals surface area contributed by atoms with E-state index < -0.39 is 0 Å². The van der Waals surface area contributed by atoms with Crippen LogP contribution in [0.2, 0.25) is 0 Å². The first-order valence-electron chi connectivity index (χ1n) is 11.3. The van der Waals surface area contributed by atoms with Crippen molar-refractivity contribution in [2.24, 2.45) is 0 Å². The molecule has 1 aromatic carbocycles. The SMILES string of the molecule is CCC(CNc1cc(-c2ccc3ncccc3c2)ncn1)(CSC)c1ccnc2cccnc12. The number of pyridine rings is 3. The smallest absolute Gasteiger partial charge is 0.129 e. The lowest BCUT2D eigenvalue weighted by Crippen LogP contribution is -2.37. The maximum atomic E-state index is 4.68. The lowest BCUT2D eigenvalue weighted by Gasteiger charge is -2.33. The second-order valence-corrected chi connectivity index (χ2v) is 9.22. The lowest BCUT2D eigenvalue weighted by molar-refractivity contribution is 0.493. The second kappa shape index (κ2) is 9.73. The first kappa shape index (κ1) is 22.2. The van der Waals surface area contributed by atoms with Crippen LogP contribution < -0.4 is 5.32 Å². The molecule has 0 amide bonds. The Morgan fingerprint density at radius 2 is 1.71 bits per heavy atom. The Labute approximate surface area is 203 Å². The fourth-order valence-corrected chi connectivity index (χ4v) is 5.45. The van der Waals surface area contributed by atoms with Gasteiger partial charge in [0.25, 0.3) is 0 Å². The average Bonchev–Trinajstić information content (AvgIpc) is 2.91. The van der Waals surface area contributed by atoms with Gasteiger partial charge in [0, 0.05) is 53.3 Å². The first-order valence-corrected chi connectivity index (χ1v) is 12.7. The van der Waals surface area contributed by atoms with Crippen LogP contribution >= 0.6 is 11.8 Å². The summed E-state index contributed by atoms with van der Waals surface area (Å²) in [5.74, 6) is 1.77. The van der Waals surface area contributed by atoms with Crippen LogP contribution in [0.15, 0.2) is 79.5 Å². The van der Waals surface area contributed by atoms with Gasteiger partial charge in [-0.1, -0.05) is 19.1 Å². The molecule has 34 heavy (non-hydrogen) atoms. The zero-order valence-electron chi connectivity index (χ0n) is 19.3. The molecule has 1 atom stereocenters. The van der Waals surface area contributed by atoms with Crippen LogP contribution in [0.3, 0.4) is 0 Å².